The number of aromatic amines is 1. The molecule has 2 aromatic heterocycles. The van der Waals surface area contributed by atoms with Gasteiger partial charge in [-0.25, -0.2) is 14.7 Å². The molecule has 0 aliphatic rings. The molecule has 0 aromatic carbocycles. The first-order chi connectivity index (χ1) is 8.63. The third kappa shape index (κ3) is 2.28. The molecule has 2 N–H and O–H groups in total. The minimum atomic E-state index is -1.06. The van der Waals surface area contributed by atoms with Gasteiger partial charge in [0.25, 0.3) is 0 Å². The van der Waals surface area contributed by atoms with Crippen molar-refractivity contribution >= 4 is 17.7 Å². The summed E-state index contributed by atoms with van der Waals surface area (Å²) in [6.07, 6.45) is 2.77. The first-order valence-electron chi connectivity index (χ1n) is 5.13. The maximum Gasteiger partial charge on any atom is 0.343 e. The Morgan fingerprint density at radius 1 is 1.61 bits per heavy atom. The van der Waals surface area contributed by atoms with Gasteiger partial charge in [0.15, 0.2) is 5.16 Å². The molecule has 0 spiro atoms. The molecule has 0 atom stereocenters. The topological polar surface area (TPSA) is 101 Å². The number of nitrogens with one attached hydrogen (secondary N) is 1. The predicted octanol–water partition coefficient (Wildman–Crippen LogP) is 0.836. The Kier molecular flexibility index (Phi) is 3.47. The molecule has 2 heterocycles. The molecule has 0 amide bonds. The van der Waals surface area contributed by atoms with Crippen molar-refractivity contribution in [2.24, 2.45) is 0 Å². The fourth-order valence-corrected chi connectivity index (χ4v) is 2.38. The fourth-order valence-electron chi connectivity index (χ4n) is 1.39. The van der Waals surface area contributed by atoms with Crippen LogP contribution in [0, 0.1) is 0 Å². The maximum absolute atomic E-state index is 11.4. The van der Waals surface area contributed by atoms with Crippen molar-refractivity contribution in [1.82, 2.24) is 19.7 Å². The molecule has 0 saturated heterocycles. The first kappa shape index (κ1) is 12.4. The molecule has 0 fully saturated rings. The van der Waals surface area contributed by atoms with Crippen LogP contribution < -0.4 is 5.69 Å². The fraction of sp³-hybridized carbons (Fsp3) is 0.200. The predicted molar refractivity (Wildman–Crippen MR) is 63.8 cm³/mol. The number of carbonyl (C=O) groups is 1. The van der Waals surface area contributed by atoms with E-state index in [1.807, 2.05) is 6.92 Å². The Morgan fingerprint density at radius 2 is 2.39 bits per heavy atom. The number of H-pyrrole nitrogens is 1. The van der Waals surface area contributed by atoms with Gasteiger partial charge < -0.3 is 5.11 Å². The van der Waals surface area contributed by atoms with Crippen LogP contribution >= 0.6 is 11.8 Å². The van der Waals surface area contributed by atoms with E-state index in [9.17, 15) is 9.59 Å². The zero-order valence-electron chi connectivity index (χ0n) is 9.45. The third-order valence-corrected chi connectivity index (χ3v) is 3.32. The number of rotatable bonds is 4. The highest BCUT2D eigenvalue weighted by atomic mass is 32.2. The molecule has 18 heavy (non-hydrogen) atoms. The Labute approximate surface area is 106 Å². The Balaban J connectivity index is 2.40. The molecule has 94 valence electrons. The van der Waals surface area contributed by atoms with Crippen LogP contribution in [-0.4, -0.2) is 30.8 Å². The number of aromatic carboxylic acids is 1. The Hall–Kier alpha value is -2.09. The molecule has 2 rings (SSSR count). The quantitative estimate of drug-likeness (QED) is 0.850. The van der Waals surface area contributed by atoms with E-state index < -0.39 is 5.97 Å². The number of carboxylic acids is 1. The van der Waals surface area contributed by atoms with E-state index >= 15 is 0 Å². The summed E-state index contributed by atoms with van der Waals surface area (Å²) in [6, 6.07) is 1.58. The van der Waals surface area contributed by atoms with E-state index in [0.717, 1.165) is 11.8 Å². The van der Waals surface area contributed by atoms with E-state index in [2.05, 4.69) is 15.2 Å². The molecular formula is C10H10N4O3S. The SMILES string of the molecule is CCn1c(Sc2ccncc2C(=O)O)n[nH]c1=O. The second-order valence-corrected chi connectivity index (χ2v) is 4.34. The number of pyridine rings is 1. The summed E-state index contributed by atoms with van der Waals surface area (Å²) in [5.74, 6) is -1.06. The van der Waals surface area contributed by atoms with Gasteiger partial charge in [-0.1, -0.05) is 0 Å². The van der Waals surface area contributed by atoms with Gasteiger partial charge in [-0.15, -0.1) is 5.10 Å². The minimum absolute atomic E-state index is 0.0839. The third-order valence-electron chi connectivity index (χ3n) is 2.25. The maximum atomic E-state index is 11.4. The van der Waals surface area contributed by atoms with Crippen LogP contribution in [0.25, 0.3) is 0 Å². The van der Waals surface area contributed by atoms with Crippen LogP contribution in [0.1, 0.15) is 17.3 Å². The van der Waals surface area contributed by atoms with Crippen molar-refractivity contribution in [3.05, 3.63) is 34.5 Å². The standard InChI is InChI=1S/C10H10N4O3S/c1-2-14-9(17)12-13-10(14)18-7-3-4-11-5-6(7)8(15)16/h3-5H,2H2,1H3,(H,12,17)(H,15,16). The smallest absolute Gasteiger partial charge is 0.343 e. The monoisotopic (exact) mass is 266 g/mol. The van der Waals surface area contributed by atoms with Gasteiger partial charge in [0, 0.05) is 23.8 Å². The lowest BCUT2D eigenvalue weighted by Gasteiger charge is -2.04. The van der Waals surface area contributed by atoms with E-state index in [1.165, 1.54) is 17.0 Å². The van der Waals surface area contributed by atoms with Gasteiger partial charge in [-0.3, -0.25) is 9.55 Å². The lowest BCUT2D eigenvalue weighted by atomic mass is 10.3. The van der Waals surface area contributed by atoms with Gasteiger partial charge in [-0.2, -0.15) is 0 Å². The summed E-state index contributed by atoms with van der Waals surface area (Å²) in [7, 11) is 0. The summed E-state index contributed by atoms with van der Waals surface area (Å²) in [6.45, 7) is 2.27. The molecular weight excluding hydrogens is 256 g/mol. The molecule has 8 heteroatoms. The normalized spacial score (nSPS) is 10.5. The molecule has 2 aromatic rings. The van der Waals surface area contributed by atoms with E-state index in [-0.39, 0.29) is 11.3 Å². The summed E-state index contributed by atoms with van der Waals surface area (Å²) in [5.41, 5.74) is -0.230. The Bertz CT molecular complexity index is 634. The molecule has 0 aliphatic heterocycles. The summed E-state index contributed by atoms with van der Waals surface area (Å²) in [4.78, 5) is 26.7. The van der Waals surface area contributed by atoms with Crippen LogP contribution in [0.15, 0.2) is 33.3 Å². The van der Waals surface area contributed by atoms with Crippen LogP contribution in [-0.2, 0) is 6.54 Å². The molecule has 7 nitrogen and oxygen atoms in total. The number of carboxylic acid groups (broad SMARTS) is 1. The van der Waals surface area contributed by atoms with Crippen molar-refractivity contribution in [3.63, 3.8) is 0 Å². The van der Waals surface area contributed by atoms with Gasteiger partial charge in [0.05, 0.1) is 5.56 Å². The van der Waals surface area contributed by atoms with E-state index in [0.29, 0.717) is 16.6 Å². The lowest BCUT2D eigenvalue weighted by Crippen LogP contribution is -2.16. The highest BCUT2D eigenvalue weighted by Crippen LogP contribution is 2.27. The van der Waals surface area contributed by atoms with Gasteiger partial charge >= 0.3 is 11.7 Å². The lowest BCUT2D eigenvalue weighted by molar-refractivity contribution is 0.0692. The number of hydrogen-bond acceptors (Lipinski definition) is 5. The number of nitrogens with zero attached hydrogens (tertiary/aromatic N) is 3. The highest BCUT2D eigenvalue weighted by molar-refractivity contribution is 7.99. The molecule has 0 saturated carbocycles. The van der Waals surface area contributed by atoms with E-state index in [4.69, 9.17) is 5.11 Å². The van der Waals surface area contributed by atoms with Crippen molar-refractivity contribution in [1.29, 1.82) is 0 Å². The minimum Gasteiger partial charge on any atom is -0.478 e. The molecule has 0 bridgehead atoms. The second kappa shape index (κ2) is 5.05. The van der Waals surface area contributed by atoms with E-state index in [1.54, 1.807) is 6.07 Å². The average Bonchev–Trinajstić information content (AvgIpc) is 2.70. The van der Waals surface area contributed by atoms with Crippen LogP contribution in [0.3, 0.4) is 0 Å². The van der Waals surface area contributed by atoms with Crippen LogP contribution in [0.4, 0.5) is 0 Å². The van der Waals surface area contributed by atoms with Gasteiger partial charge in [-0.05, 0) is 24.8 Å². The first-order valence-corrected chi connectivity index (χ1v) is 5.95. The van der Waals surface area contributed by atoms with Gasteiger partial charge in [0.1, 0.15) is 0 Å². The van der Waals surface area contributed by atoms with Crippen molar-refractivity contribution in [3.8, 4) is 0 Å². The molecule has 0 aliphatic carbocycles. The molecule has 0 unspecified atom stereocenters. The summed E-state index contributed by atoms with van der Waals surface area (Å²) >= 11 is 1.11. The van der Waals surface area contributed by atoms with Gasteiger partial charge in [0.2, 0.25) is 0 Å². The number of hydrogen-bond donors (Lipinski definition) is 2. The Morgan fingerprint density at radius 3 is 3.06 bits per heavy atom. The number of aromatic nitrogens is 4. The summed E-state index contributed by atoms with van der Waals surface area (Å²) in [5, 5.41) is 15.6. The molecule has 0 radical (unpaired) electrons. The zero-order valence-corrected chi connectivity index (χ0v) is 10.3. The van der Waals surface area contributed by atoms with Crippen molar-refractivity contribution in [2.75, 3.05) is 0 Å². The second-order valence-electron chi connectivity index (χ2n) is 3.33. The zero-order chi connectivity index (χ0) is 13.1. The van der Waals surface area contributed by atoms with Crippen LogP contribution in [0.2, 0.25) is 0 Å². The van der Waals surface area contributed by atoms with Crippen LogP contribution in [0.5, 0.6) is 0 Å². The highest BCUT2D eigenvalue weighted by Gasteiger charge is 2.14. The average molecular weight is 266 g/mol. The summed E-state index contributed by atoms with van der Waals surface area (Å²) < 4.78 is 1.43. The largest absolute Gasteiger partial charge is 0.478 e. The van der Waals surface area contributed by atoms with Crippen molar-refractivity contribution < 1.29 is 9.90 Å². The van der Waals surface area contributed by atoms with Crippen molar-refractivity contribution in [2.45, 2.75) is 23.5 Å².